The van der Waals surface area contributed by atoms with Crippen LogP contribution >= 0.6 is 0 Å². The minimum Gasteiger partial charge on any atom is -0.331 e. The van der Waals surface area contributed by atoms with Gasteiger partial charge in [0.25, 0.3) is 0 Å². The number of hydrogen-bond acceptors (Lipinski definition) is 2. The van der Waals surface area contributed by atoms with E-state index in [2.05, 4.69) is 35.6 Å². The Labute approximate surface area is 80.2 Å². The van der Waals surface area contributed by atoms with E-state index in [1.807, 2.05) is 13.2 Å². The van der Waals surface area contributed by atoms with E-state index in [0.29, 0.717) is 5.92 Å². The smallest absolute Gasteiger partial charge is 0.122 e. The lowest BCUT2D eigenvalue weighted by Crippen LogP contribution is -2.15. The Morgan fingerprint density at radius 1 is 1.54 bits per heavy atom. The zero-order valence-electron chi connectivity index (χ0n) is 8.96. The molecule has 0 spiro atoms. The molecular formula is C10H19N3. The highest BCUT2D eigenvalue weighted by atomic mass is 15.1. The van der Waals surface area contributed by atoms with Crippen LogP contribution in [0.1, 0.15) is 25.4 Å². The third-order valence-electron chi connectivity index (χ3n) is 2.02. The number of aromatic nitrogens is 2. The summed E-state index contributed by atoms with van der Waals surface area (Å²) >= 11 is 0. The van der Waals surface area contributed by atoms with Crippen molar-refractivity contribution in [2.24, 2.45) is 5.92 Å². The predicted molar refractivity (Wildman–Crippen MR) is 54.6 cm³/mol. The Balaban J connectivity index is 2.81. The molecule has 1 aromatic heterocycles. The fourth-order valence-electron chi connectivity index (χ4n) is 1.42. The van der Waals surface area contributed by atoms with Gasteiger partial charge >= 0.3 is 0 Å². The summed E-state index contributed by atoms with van der Waals surface area (Å²) in [7, 11) is 1.95. The third-order valence-corrected chi connectivity index (χ3v) is 2.02. The molecule has 3 heteroatoms. The summed E-state index contributed by atoms with van der Waals surface area (Å²) in [5.41, 5.74) is 1.25. The molecule has 13 heavy (non-hydrogen) atoms. The second-order valence-electron chi connectivity index (χ2n) is 3.85. The van der Waals surface area contributed by atoms with Gasteiger partial charge in [-0.1, -0.05) is 13.8 Å². The van der Waals surface area contributed by atoms with Crippen LogP contribution in [-0.2, 0) is 13.1 Å². The van der Waals surface area contributed by atoms with E-state index in [-0.39, 0.29) is 0 Å². The highest BCUT2D eigenvalue weighted by molar-refractivity contribution is 5.03. The van der Waals surface area contributed by atoms with Crippen LogP contribution in [0.5, 0.6) is 0 Å². The Bertz CT molecular complexity index is 263. The maximum absolute atomic E-state index is 4.36. The lowest BCUT2D eigenvalue weighted by molar-refractivity contribution is 0.494. The van der Waals surface area contributed by atoms with Gasteiger partial charge in [-0.15, -0.1) is 0 Å². The lowest BCUT2D eigenvalue weighted by Gasteiger charge is -2.12. The van der Waals surface area contributed by atoms with Crippen molar-refractivity contribution in [3.05, 3.63) is 17.7 Å². The molecular weight excluding hydrogens is 162 g/mol. The topological polar surface area (TPSA) is 29.9 Å². The van der Waals surface area contributed by atoms with Gasteiger partial charge in [0.1, 0.15) is 5.82 Å². The van der Waals surface area contributed by atoms with Crippen molar-refractivity contribution in [3.8, 4) is 0 Å². The second kappa shape index (κ2) is 4.42. The van der Waals surface area contributed by atoms with Crippen LogP contribution in [0, 0.1) is 12.8 Å². The predicted octanol–water partition coefficient (Wildman–Crippen LogP) is 1.57. The highest BCUT2D eigenvalue weighted by Gasteiger charge is 2.06. The van der Waals surface area contributed by atoms with Crippen LogP contribution in [0.3, 0.4) is 0 Å². The summed E-state index contributed by atoms with van der Waals surface area (Å²) in [6, 6.07) is 0. The zero-order valence-corrected chi connectivity index (χ0v) is 8.96. The number of rotatable bonds is 4. The molecule has 0 aromatic carbocycles. The van der Waals surface area contributed by atoms with Crippen LogP contribution in [0.2, 0.25) is 0 Å². The van der Waals surface area contributed by atoms with Gasteiger partial charge in [0.2, 0.25) is 0 Å². The van der Waals surface area contributed by atoms with E-state index in [1.54, 1.807) is 0 Å². The normalized spacial score (nSPS) is 11.2. The van der Waals surface area contributed by atoms with Crippen LogP contribution < -0.4 is 5.32 Å². The van der Waals surface area contributed by atoms with Gasteiger partial charge in [-0.2, -0.15) is 0 Å². The monoisotopic (exact) mass is 181 g/mol. The zero-order chi connectivity index (χ0) is 9.84. The molecule has 0 atom stereocenters. The van der Waals surface area contributed by atoms with Crippen LogP contribution in [0.25, 0.3) is 0 Å². The van der Waals surface area contributed by atoms with Crippen molar-refractivity contribution < 1.29 is 0 Å². The Morgan fingerprint density at radius 3 is 2.77 bits per heavy atom. The number of imidazole rings is 1. The third kappa shape index (κ3) is 2.56. The standard InChI is InChI=1S/C10H19N3/c1-8(2)7-13-9(3)5-12-10(13)6-11-4/h5,8,11H,6-7H2,1-4H3. The van der Waals surface area contributed by atoms with Gasteiger partial charge in [-0.25, -0.2) is 4.98 Å². The van der Waals surface area contributed by atoms with Crippen molar-refractivity contribution >= 4 is 0 Å². The first-order chi connectivity index (χ1) is 6.15. The van der Waals surface area contributed by atoms with Crippen molar-refractivity contribution in [1.82, 2.24) is 14.9 Å². The molecule has 0 aliphatic rings. The first-order valence-electron chi connectivity index (χ1n) is 4.80. The van der Waals surface area contributed by atoms with Gasteiger partial charge in [-0.3, -0.25) is 0 Å². The Hall–Kier alpha value is -0.830. The Kier molecular flexibility index (Phi) is 3.48. The lowest BCUT2D eigenvalue weighted by atomic mass is 10.2. The summed E-state index contributed by atoms with van der Waals surface area (Å²) in [6.45, 7) is 8.46. The van der Waals surface area contributed by atoms with Crippen molar-refractivity contribution in [2.75, 3.05) is 7.05 Å². The first kappa shape index (κ1) is 10.3. The van der Waals surface area contributed by atoms with Crippen molar-refractivity contribution in [3.63, 3.8) is 0 Å². The first-order valence-corrected chi connectivity index (χ1v) is 4.80. The van der Waals surface area contributed by atoms with E-state index in [1.165, 1.54) is 5.69 Å². The molecule has 0 unspecified atom stereocenters. The summed E-state index contributed by atoms with van der Waals surface area (Å²) < 4.78 is 2.28. The molecule has 0 aliphatic carbocycles. The highest BCUT2D eigenvalue weighted by Crippen LogP contribution is 2.08. The van der Waals surface area contributed by atoms with E-state index in [4.69, 9.17) is 0 Å². The summed E-state index contributed by atoms with van der Waals surface area (Å²) in [5, 5.41) is 3.13. The number of aryl methyl sites for hydroxylation is 1. The minimum atomic E-state index is 0.670. The summed E-state index contributed by atoms with van der Waals surface area (Å²) in [4.78, 5) is 4.36. The molecule has 3 nitrogen and oxygen atoms in total. The molecule has 1 aromatic rings. The average Bonchev–Trinajstić information content (AvgIpc) is 2.36. The molecule has 1 N–H and O–H groups in total. The molecule has 0 radical (unpaired) electrons. The summed E-state index contributed by atoms with van der Waals surface area (Å²) in [5.74, 6) is 1.80. The van der Waals surface area contributed by atoms with Gasteiger partial charge < -0.3 is 9.88 Å². The molecule has 1 rings (SSSR count). The SMILES string of the molecule is CNCc1ncc(C)n1CC(C)C. The molecule has 0 aliphatic heterocycles. The van der Waals surface area contributed by atoms with E-state index in [9.17, 15) is 0 Å². The molecule has 0 bridgehead atoms. The fourth-order valence-corrected chi connectivity index (χ4v) is 1.42. The van der Waals surface area contributed by atoms with Crippen molar-refractivity contribution in [1.29, 1.82) is 0 Å². The van der Waals surface area contributed by atoms with E-state index < -0.39 is 0 Å². The second-order valence-corrected chi connectivity index (χ2v) is 3.85. The van der Waals surface area contributed by atoms with Gasteiger partial charge in [0.15, 0.2) is 0 Å². The fraction of sp³-hybridized carbons (Fsp3) is 0.700. The maximum Gasteiger partial charge on any atom is 0.122 e. The molecule has 74 valence electrons. The Morgan fingerprint density at radius 2 is 2.23 bits per heavy atom. The number of nitrogens with zero attached hydrogens (tertiary/aromatic N) is 2. The minimum absolute atomic E-state index is 0.670. The average molecular weight is 181 g/mol. The largest absolute Gasteiger partial charge is 0.331 e. The number of hydrogen-bond donors (Lipinski definition) is 1. The van der Waals surface area contributed by atoms with E-state index in [0.717, 1.165) is 18.9 Å². The maximum atomic E-state index is 4.36. The molecule has 0 saturated carbocycles. The molecule has 0 amide bonds. The number of nitrogens with one attached hydrogen (secondary N) is 1. The van der Waals surface area contributed by atoms with Crippen molar-refractivity contribution in [2.45, 2.75) is 33.9 Å². The molecule has 0 saturated heterocycles. The van der Waals surface area contributed by atoms with Gasteiger partial charge in [0.05, 0.1) is 6.54 Å². The van der Waals surface area contributed by atoms with Crippen LogP contribution in [0.4, 0.5) is 0 Å². The van der Waals surface area contributed by atoms with Crippen LogP contribution in [0.15, 0.2) is 6.20 Å². The molecule has 0 fully saturated rings. The molecule has 1 heterocycles. The van der Waals surface area contributed by atoms with E-state index >= 15 is 0 Å². The van der Waals surface area contributed by atoms with Crippen LogP contribution in [-0.4, -0.2) is 16.6 Å². The quantitative estimate of drug-likeness (QED) is 0.764. The van der Waals surface area contributed by atoms with Gasteiger partial charge in [0, 0.05) is 18.4 Å². The summed E-state index contributed by atoms with van der Waals surface area (Å²) in [6.07, 6.45) is 1.94. The van der Waals surface area contributed by atoms with Gasteiger partial charge in [-0.05, 0) is 19.9 Å².